The Morgan fingerprint density at radius 2 is 1.19 bits per heavy atom. The third kappa shape index (κ3) is 11.7. The summed E-state index contributed by atoms with van der Waals surface area (Å²) in [5.41, 5.74) is 0. The minimum absolute atomic E-state index is 0.253. The van der Waals surface area contributed by atoms with E-state index < -0.39 is 16.6 Å². The van der Waals surface area contributed by atoms with E-state index in [2.05, 4.69) is 49.9 Å². The van der Waals surface area contributed by atoms with Gasteiger partial charge in [0.1, 0.15) is 13.5 Å². The molecule has 5 nitrogen and oxygen atoms in total. The number of carbonyl (C=O) groups is 1. The van der Waals surface area contributed by atoms with Crippen LogP contribution in [0.5, 0.6) is 0 Å². The van der Waals surface area contributed by atoms with Crippen LogP contribution in [0.4, 0.5) is 4.79 Å². The molecule has 0 aromatic rings. The van der Waals surface area contributed by atoms with Crippen LogP contribution in [0.3, 0.4) is 0 Å². The fourth-order valence-electron chi connectivity index (χ4n) is 0.699. The number of urea groups is 1. The van der Waals surface area contributed by atoms with E-state index in [0.29, 0.717) is 0 Å². The van der Waals surface area contributed by atoms with Crippen LogP contribution in [0.15, 0.2) is 0 Å². The van der Waals surface area contributed by atoms with Crippen molar-refractivity contribution < 1.29 is 13.6 Å². The lowest BCUT2D eigenvalue weighted by Crippen LogP contribution is -2.42. The highest BCUT2D eigenvalue weighted by Gasteiger charge is 2.15. The SMILES string of the molecule is C[Si](C)(C)OCNC(=O)NCO[Si](C)(C)C. The topological polar surface area (TPSA) is 59.6 Å². The molecule has 96 valence electrons. The van der Waals surface area contributed by atoms with Gasteiger partial charge in [-0.25, -0.2) is 4.79 Å². The van der Waals surface area contributed by atoms with Gasteiger partial charge in [-0.1, -0.05) is 0 Å². The van der Waals surface area contributed by atoms with Crippen LogP contribution in [-0.4, -0.2) is 36.1 Å². The number of nitrogens with one attached hydrogen (secondary N) is 2. The third-order valence-corrected chi connectivity index (χ3v) is 3.50. The predicted molar refractivity (Wildman–Crippen MR) is 70.3 cm³/mol. The van der Waals surface area contributed by atoms with E-state index in [1.165, 1.54) is 0 Å². The van der Waals surface area contributed by atoms with Crippen molar-refractivity contribution in [1.82, 2.24) is 10.6 Å². The standard InChI is InChI=1S/C9H24N2O3Si2/c1-15(2,3)13-7-10-9(12)11-8-14-16(4,5)6/h7-8H2,1-6H3,(H2,10,11,12). The molecule has 0 atom stereocenters. The van der Waals surface area contributed by atoms with Gasteiger partial charge in [0.25, 0.3) is 0 Å². The first-order valence-electron chi connectivity index (χ1n) is 5.40. The fourth-order valence-corrected chi connectivity index (χ4v) is 1.71. The van der Waals surface area contributed by atoms with E-state index in [9.17, 15) is 4.79 Å². The van der Waals surface area contributed by atoms with E-state index in [0.717, 1.165) is 0 Å². The Labute approximate surface area is 100 Å². The first-order chi connectivity index (χ1) is 7.10. The molecular weight excluding hydrogens is 240 g/mol. The van der Waals surface area contributed by atoms with Crippen molar-refractivity contribution in [1.29, 1.82) is 0 Å². The van der Waals surface area contributed by atoms with E-state index in [1.54, 1.807) is 0 Å². The van der Waals surface area contributed by atoms with Crippen LogP contribution in [0.2, 0.25) is 39.3 Å². The van der Waals surface area contributed by atoms with Crippen LogP contribution in [0, 0.1) is 0 Å². The first-order valence-corrected chi connectivity index (χ1v) is 12.2. The van der Waals surface area contributed by atoms with Crippen molar-refractivity contribution in [2.24, 2.45) is 0 Å². The lowest BCUT2D eigenvalue weighted by Gasteiger charge is -2.19. The molecule has 2 N–H and O–H groups in total. The van der Waals surface area contributed by atoms with Crippen molar-refractivity contribution in [3.8, 4) is 0 Å². The Balaban J connectivity index is 3.53. The van der Waals surface area contributed by atoms with E-state index in [4.69, 9.17) is 8.85 Å². The number of carbonyl (C=O) groups excluding carboxylic acids is 1. The molecule has 0 aromatic carbocycles. The second kappa shape index (κ2) is 6.38. The molecule has 2 amide bonds. The zero-order valence-corrected chi connectivity index (χ0v) is 13.1. The molecule has 7 heteroatoms. The summed E-state index contributed by atoms with van der Waals surface area (Å²) >= 11 is 0. The Bertz CT molecular complexity index is 202. The molecule has 0 radical (unpaired) electrons. The number of rotatable bonds is 6. The number of hydrogen-bond donors (Lipinski definition) is 2. The number of hydrogen-bond acceptors (Lipinski definition) is 3. The van der Waals surface area contributed by atoms with Gasteiger partial charge in [0.05, 0.1) is 0 Å². The molecule has 0 aliphatic heterocycles. The average molecular weight is 264 g/mol. The van der Waals surface area contributed by atoms with E-state index >= 15 is 0 Å². The zero-order chi connectivity index (χ0) is 12.8. The highest BCUT2D eigenvalue weighted by molar-refractivity contribution is 6.70. The van der Waals surface area contributed by atoms with Crippen LogP contribution in [0.25, 0.3) is 0 Å². The largest absolute Gasteiger partial charge is 0.400 e. The fraction of sp³-hybridized carbons (Fsp3) is 0.889. The Hall–Kier alpha value is -0.376. The van der Waals surface area contributed by atoms with Gasteiger partial charge in [0.15, 0.2) is 16.6 Å². The van der Waals surface area contributed by atoms with Crippen molar-refractivity contribution >= 4 is 22.7 Å². The first kappa shape index (κ1) is 15.6. The summed E-state index contributed by atoms with van der Waals surface area (Å²) in [5, 5.41) is 5.25. The van der Waals surface area contributed by atoms with Gasteiger partial charge in [0.2, 0.25) is 0 Å². The summed E-state index contributed by atoms with van der Waals surface area (Å²) in [6, 6.07) is -0.253. The minimum atomic E-state index is -1.55. The van der Waals surface area contributed by atoms with E-state index in [-0.39, 0.29) is 19.5 Å². The van der Waals surface area contributed by atoms with Gasteiger partial charge in [0, 0.05) is 0 Å². The predicted octanol–water partition coefficient (Wildman–Crippen LogP) is 1.90. The van der Waals surface area contributed by atoms with Crippen LogP contribution < -0.4 is 10.6 Å². The van der Waals surface area contributed by atoms with Gasteiger partial charge < -0.3 is 19.5 Å². The third-order valence-electron chi connectivity index (χ3n) is 1.48. The molecular formula is C9H24N2O3Si2. The van der Waals surface area contributed by atoms with Crippen LogP contribution in [-0.2, 0) is 8.85 Å². The Morgan fingerprint density at radius 1 is 0.875 bits per heavy atom. The molecule has 0 saturated heterocycles. The van der Waals surface area contributed by atoms with Crippen molar-refractivity contribution in [3.05, 3.63) is 0 Å². The van der Waals surface area contributed by atoms with Crippen molar-refractivity contribution in [2.75, 3.05) is 13.5 Å². The van der Waals surface area contributed by atoms with Crippen LogP contribution in [0.1, 0.15) is 0 Å². The summed E-state index contributed by atoms with van der Waals surface area (Å²) in [6.45, 7) is 12.9. The van der Waals surface area contributed by atoms with E-state index in [1.807, 2.05) is 0 Å². The summed E-state index contributed by atoms with van der Waals surface area (Å²) < 4.78 is 11.0. The summed E-state index contributed by atoms with van der Waals surface area (Å²) in [6.07, 6.45) is 0. The zero-order valence-electron chi connectivity index (χ0n) is 11.1. The normalized spacial score (nSPS) is 12.4. The molecule has 0 saturated carbocycles. The van der Waals surface area contributed by atoms with Gasteiger partial charge in [-0.3, -0.25) is 0 Å². The second-order valence-corrected chi connectivity index (χ2v) is 14.5. The smallest absolute Gasteiger partial charge is 0.318 e. The monoisotopic (exact) mass is 264 g/mol. The van der Waals surface area contributed by atoms with Gasteiger partial charge in [-0.2, -0.15) is 0 Å². The van der Waals surface area contributed by atoms with Gasteiger partial charge >= 0.3 is 6.03 Å². The summed E-state index contributed by atoms with van der Waals surface area (Å²) in [7, 11) is -3.10. The molecule has 0 aromatic heterocycles. The maximum Gasteiger partial charge on any atom is 0.318 e. The lowest BCUT2D eigenvalue weighted by molar-refractivity contribution is 0.208. The molecule has 0 bridgehead atoms. The lowest BCUT2D eigenvalue weighted by atomic mass is 10.9. The molecule has 0 rings (SSSR count). The quantitative estimate of drug-likeness (QED) is 0.569. The molecule has 16 heavy (non-hydrogen) atoms. The van der Waals surface area contributed by atoms with Crippen molar-refractivity contribution in [2.45, 2.75) is 39.3 Å². The van der Waals surface area contributed by atoms with Crippen molar-refractivity contribution in [3.63, 3.8) is 0 Å². The van der Waals surface area contributed by atoms with Crippen LogP contribution >= 0.6 is 0 Å². The molecule has 0 heterocycles. The maximum atomic E-state index is 11.3. The summed E-state index contributed by atoms with van der Waals surface area (Å²) in [4.78, 5) is 11.3. The molecule has 0 fully saturated rings. The highest BCUT2D eigenvalue weighted by atomic mass is 28.4. The minimum Gasteiger partial charge on any atom is -0.400 e. The Kier molecular flexibility index (Phi) is 6.23. The molecule has 0 spiro atoms. The second-order valence-electron chi connectivity index (χ2n) is 5.48. The van der Waals surface area contributed by atoms with Gasteiger partial charge in [-0.05, 0) is 39.3 Å². The van der Waals surface area contributed by atoms with Gasteiger partial charge in [-0.15, -0.1) is 0 Å². The molecule has 0 unspecified atom stereocenters. The Morgan fingerprint density at radius 3 is 1.44 bits per heavy atom. The average Bonchev–Trinajstić information content (AvgIpc) is 1.98. The highest BCUT2D eigenvalue weighted by Crippen LogP contribution is 2.01. The number of amides is 2. The summed E-state index contributed by atoms with van der Waals surface area (Å²) in [5.74, 6) is 0. The molecule has 0 aliphatic rings. The maximum absolute atomic E-state index is 11.3. The molecule has 0 aliphatic carbocycles.